The number of β-amino-alcohol motifs (C(OH)–C–C–N with tert-alkyl or cyclic N) is 1. The zero-order chi connectivity index (χ0) is 12.8. The van der Waals surface area contributed by atoms with Gasteiger partial charge in [0, 0.05) is 0 Å². The largest absolute Gasteiger partial charge is 0.479 e. The van der Waals surface area contributed by atoms with Gasteiger partial charge in [-0.3, -0.25) is 0 Å². The number of hydrogen-bond acceptors (Lipinski definition) is 5. The number of aliphatic carboxylic acids is 1. The summed E-state index contributed by atoms with van der Waals surface area (Å²) in [6, 6.07) is 2.79. The minimum Gasteiger partial charge on any atom is -0.479 e. The number of carboxylic acids is 1. The number of carbonyl (C=O) groups is 1. The predicted molar refractivity (Wildman–Crippen MR) is 60.7 cm³/mol. The summed E-state index contributed by atoms with van der Waals surface area (Å²) >= 11 is 6.52. The van der Waals surface area contributed by atoms with Crippen molar-refractivity contribution < 1.29 is 23.4 Å². The summed E-state index contributed by atoms with van der Waals surface area (Å²) in [7, 11) is -3.74. The summed E-state index contributed by atoms with van der Waals surface area (Å²) in [5.74, 6) is -1.42. The van der Waals surface area contributed by atoms with Crippen molar-refractivity contribution in [1.29, 1.82) is 0 Å². The third kappa shape index (κ3) is 2.06. The summed E-state index contributed by atoms with van der Waals surface area (Å²) < 4.78 is 25.1. The van der Waals surface area contributed by atoms with E-state index in [1.807, 2.05) is 0 Å². The highest BCUT2D eigenvalue weighted by molar-refractivity contribution is 7.91. The first kappa shape index (κ1) is 12.8. The molecule has 6 nitrogen and oxygen atoms in total. The molecule has 1 aliphatic heterocycles. The van der Waals surface area contributed by atoms with Crippen LogP contribution >= 0.6 is 22.9 Å². The lowest BCUT2D eigenvalue weighted by molar-refractivity contribution is -0.170. The number of halogens is 1. The van der Waals surface area contributed by atoms with Gasteiger partial charge in [0.1, 0.15) is 4.21 Å². The molecule has 0 unspecified atom stereocenters. The Balaban J connectivity index is 2.19. The van der Waals surface area contributed by atoms with Crippen LogP contribution in [0, 0.1) is 0 Å². The Kier molecular flexibility index (Phi) is 2.95. The van der Waals surface area contributed by atoms with Crippen molar-refractivity contribution in [3.05, 3.63) is 16.5 Å². The van der Waals surface area contributed by atoms with Gasteiger partial charge in [0.15, 0.2) is 5.60 Å². The van der Waals surface area contributed by atoms with Gasteiger partial charge < -0.3 is 10.2 Å². The topological polar surface area (TPSA) is 94.9 Å². The summed E-state index contributed by atoms with van der Waals surface area (Å²) in [5, 5.41) is 18.1. The molecule has 0 aliphatic carbocycles. The van der Waals surface area contributed by atoms with Crippen molar-refractivity contribution in [2.24, 2.45) is 0 Å². The van der Waals surface area contributed by atoms with Gasteiger partial charge in [0.25, 0.3) is 10.0 Å². The van der Waals surface area contributed by atoms with Crippen LogP contribution in [0.25, 0.3) is 0 Å². The normalized spacial score (nSPS) is 19.9. The lowest BCUT2D eigenvalue weighted by atomic mass is 9.98. The van der Waals surface area contributed by atoms with Crippen molar-refractivity contribution >= 4 is 38.9 Å². The van der Waals surface area contributed by atoms with Gasteiger partial charge in [0.05, 0.1) is 17.4 Å². The maximum absolute atomic E-state index is 11.9. The standard InChI is InChI=1S/C8H8ClNO5S2/c9-5-1-2-6(16-5)17(14,15)10-3-8(13,4-10)7(11)12/h1-2,13H,3-4H2,(H,11,12). The molecule has 1 fully saturated rings. The molecule has 2 N–H and O–H groups in total. The van der Waals surface area contributed by atoms with Crippen molar-refractivity contribution in [2.75, 3.05) is 13.1 Å². The number of rotatable bonds is 3. The molecule has 0 bridgehead atoms. The van der Waals surface area contributed by atoms with Crippen LogP contribution in [0.4, 0.5) is 0 Å². The zero-order valence-corrected chi connectivity index (χ0v) is 10.7. The average Bonchev–Trinajstić information content (AvgIpc) is 2.60. The molecule has 94 valence electrons. The van der Waals surface area contributed by atoms with E-state index in [-0.39, 0.29) is 4.21 Å². The monoisotopic (exact) mass is 297 g/mol. The van der Waals surface area contributed by atoms with E-state index >= 15 is 0 Å². The fraction of sp³-hybridized carbons (Fsp3) is 0.375. The Morgan fingerprint density at radius 1 is 1.47 bits per heavy atom. The van der Waals surface area contributed by atoms with Crippen molar-refractivity contribution in [3.8, 4) is 0 Å². The number of nitrogens with zero attached hydrogens (tertiary/aromatic N) is 1. The van der Waals surface area contributed by atoms with Crippen LogP contribution in [-0.4, -0.2) is 47.6 Å². The summed E-state index contributed by atoms with van der Waals surface area (Å²) in [6.45, 7) is -0.889. The van der Waals surface area contributed by atoms with Gasteiger partial charge in [-0.15, -0.1) is 11.3 Å². The van der Waals surface area contributed by atoms with Gasteiger partial charge >= 0.3 is 5.97 Å². The molecule has 0 saturated carbocycles. The molecular formula is C8H8ClNO5S2. The summed E-state index contributed by atoms with van der Waals surface area (Å²) in [6.07, 6.45) is 0. The minimum absolute atomic E-state index is 0.0370. The van der Waals surface area contributed by atoms with E-state index in [4.69, 9.17) is 16.7 Å². The van der Waals surface area contributed by atoms with Gasteiger partial charge in [0.2, 0.25) is 0 Å². The van der Waals surface area contributed by atoms with Crippen LogP contribution in [0.1, 0.15) is 0 Å². The molecule has 9 heteroatoms. The Labute approximate surface area is 106 Å². The number of hydrogen-bond donors (Lipinski definition) is 2. The smallest absolute Gasteiger partial charge is 0.338 e. The molecule has 0 spiro atoms. The average molecular weight is 298 g/mol. The van der Waals surface area contributed by atoms with Crippen LogP contribution < -0.4 is 0 Å². The third-order valence-corrected chi connectivity index (χ3v) is 5.91. The second-order valence-corrected chi connectivity index (χ2v) is 7.55. The van der Waals surface area contributed by atoms with E-state index < -0.39 is 34.7 Å². The molecule has 0 radical (unpaired) electrons. The molecule has 1 aromatic rings. The SMILES string of the molecule is O=C(O)C1(O)CN(S(=O)(=O)c2ccc(Cl)s2)C1. The first-order valence-corrected chi connectivity index (χ1v) is 7.10. The molecule has 17 heavy (non-hydrogen) atoms. The first-order valence-electron chi connectivity index (χ1n) is 4.47. The fourth-order valence-electron chi connectivity index (χ4n) is 1.41. The first-order chi connectivity index (χ1) is 7.75. The van der Waals surface area contributed by atoms with Crippen molar-refractivity contribution in [2.45, 2.75) is 9.81 Å². The van der Waals surface area contributed by atoms with E-state index in [9.17, 15) is 18.3 Å². The van der Waals surface area contributed by atoms with Crippen molar-refractivity contribution in [1.82, 2.24) is 4.31 Å². The maximum atomic E-state index is 11.9. The Bertz CT molecular complexity index is 560. The molecule has 2 heterocycles. The Morgan fingerprint density at radius 2 is 2.06 bits per heavy atom. The summed E-state index contributed by atoms with van der Waals surface area (Å²) in [4.78, 5) is 10.6. The molecule has 0 aromatic carbocycles. The van der Waals surface area contributed by atoms with Crippen LogP contribution in [0.15, 0.2) is 16.3 Å². The van der Waals surface area contributed by atoms with Gasteiger partial charge in [-0.2, -0.15) is 4.31 Å². The number of thiophene rings is 1. The van der Waals surface area contributed by atoms with Crippen LogP contribution in [0.2, 0.25) is 4.34 Å². The van der Waals surface area contributed by atoms with Crippen molar-refractivity contribution in [3.63, 3.8) is 0 Å². The van der Waals surface area contributed by atoms with Crippen LogP contribution in [0.3, 0.4) is 0 Å². The fourth-order valence-corrected chi connectivity index (χ4v) is 4.59. The van der Waals surface area contributed by atoms with E-state index in [2.05, 4.69) is 0 Å². The molecule has 0 atom stereocenters. The van der Waals surface area contributed by atoms with E-state index in [0.717, 1.165) is 15.6 Å². The minimum atomic E-state index is -3.74. The van der Waals surface area contributed by atoms with Crippen LogP contribution in [0.5, 0.6) is 0 Å². The quantitative estimate of drug-likeness (QED) is 0.832. The molecule has 1 aromatic heterocycles. The second-order valence-electron chi connectivity index (χ2n) is 3.67. The van der Waals surface area contributed by atoms with Gasteiger partial charge in [-0.05, 0) is 12.1 Å². The summed E-state index contributed by atoms with van der Waals surface area (Å²) in [5.41, 5.74) is -1.98. The predicted octanol–water partition coefficient (Wildman–Crippen LogP) is 0.222. The zero-order valence-electron chi connectivity index (χ0n) is 8.33. The number of sulfonamides is 1. The Hall–Kier alpha value is -0.670. The molecule has 0 amide bonds. The number of carboxylic acid groups (broad SMARTS) is 1. The lowest BCUT2D eigenvalue weighted by Gasteiger charge is -2.41. The lowest BCUT2D eigenvalue weighted by Crippen LogP contribution is -2.67. The van der Waals surface area contributed by atoms with Crippen LogP contribution in [-0.2, 0) is 14.8 Å². The third-order valence-electron chi connectivity index (χ3n) is 2.42. The molecule has 1 saturated heterocycles. The highest BCUT2D eigenvalue weighted by Crippen LogP contribution is 2.33. The van der Waals surface area contributed by atoms with Gasteiger partial charge in [-0.25, -0.2) is 13.2 Å². The molecule has 2 rings (SSSR count). The highest BCUT2D eigenvalue weighted by Gasteiger charge is 2.53. The highest BCUT2D eigenvalue weighted by atomic mass is 35.5. The second kappa shape index (κ2) is 3.92. The Morgan fingerprint density at radius 3 is 2.47 bits per heavy atom. The van der Waals surface area contributed by atoms with E-state index in [1.54, 1.807) is 0 Å². The molecular weight excluding hydrogens is 290 g/mol. The van der Waals surface area contributed by atoms with E-state index in [0.29, 0.717) is 4.34 Å². The van der Waals surface area contributed by atoms with E-state index in [1.165, 1.54) is 12.1 Å². The number of aliphatic hydroxyl groups is 1. The van der Waals surface area contributed by atoms with Gasteiger partial charge in [-0.1, -0.05) is 11.6 Å². The molecule has 1 aliphatic rings. The maximum Gasteiger partial charge on any atom is 0.338 e.